The molecule has 0 spiro atoms. The van der Waals surface area contributed by atoms with Gasteiger partial charge in [-0.25, -0.2) is 0 Å². The molecule has 0 aromatic carbocycles. The lowest BCUT2D eigenvalue weighted by molar-refractivity contribution is -0.131. The fraction of sp³-hybridized carbons (Fsp3) is 0.500. The predicted octanol–water partition coefficient (Wildman–Crippen LogP) is 1.02. The summed E-state index contributed by atoms with van der Waals surface area (Å²) in [7, 11) is 1.80. The van der Waals surface area contributed by atoms with Gasteiger partial charge in [0.05, 0.1) is 0 Å². The van der Waals surface area contributed by atoms with E-state index in [0.717, 1.165) is 5.56 Å². The number of nitrogens with two attached hydrogens (primary N) is 1. The molecule has 4 heteroatoms. The van der Waals surface area contributed by atoms with Crippen molar-refractivity contribution in [2.75, 3.05) is 13.6 Å². The molecule has 0 saturated heterocycles. The van der Waals surface area contributed by atoms with Crippen molar-refractivity contribution in [1.29, 1.82) is 0 Å². The third-order valence-electron chi connectivity index (χ3n) is 2.49. The van der Waals surface area contributed by atoms with Crippen LogP contribution < -0.4 is 5.73 Å². The molecule has 0 radical (unpaired) electrons. The van der Waals surface area contributed by atoms with Crippen molar-refractivity contribution >= 4 is 5.91 Å². The van der Waals surface area contributed by atoms with Crippen LogP contribution in [0, 0.1) is 5.92 Å². The summed E-state index contributed by atoms with van der Waals surface area (Å²) in [6.07, 6.45) is 4.01. The maximum atomic E-state index is 11.8. The molecule has 1 amide bonds. The van der Waals surface area contributed by atoms with Crippen molar-refractivity contribution in [2.45, 2.75) is 19.9 Å². The van der Waals surface area contributed by atoms with Gasteiger partial charge in [0.1, 0.15) is 0 Å². The third kappa shape index (κ3) is 3.98. The molecule has 0 saturated carbocycles. The Morgan fingerprint density at radius 3 is 2.94 bits per heavy atom. The highest BCUT2D eigenvalue weighted by Gasteiger charge is 2.12. The van der Waals surface area contributed by atoms with Gasteiger partial charge in [0.2, 0.25) is 5.91 Å². The van der Waals surface area contributed by atoms with Gasteiger partial charge in [0.25, 0.3) is 0 Å². The van der Waals surface area contributed by atoms with E-state index in [0.29, 0.717) is 19.5 Å². The number of nitrogens with zero attached hydrogens (tertiary/aromatic N) is 2. The monoisotopic (exact) mass is 221 g/mol. The van der Waals surface area contributed by atoms with Crippen molar-refractivity contribution in [3.05, 3.63) is 30.1 Å². The van der Waals surface area contributed by atoms with Crippen LogP contribution in [0.25, 0.3) is 0 Å². The van der Waals surface area contributed by atoms with Gasteiger partial charge in [-0.3, -0.25) is 9.78 Å². The Morgan fingerprint density at radius 2 is 2.38 bits per heavy atom. The van der Waals surface area contributed by atoms with E-state index in [4.69, 9.17) is 5.73 Å². The average molecular weight is 221 g/mol. The van der Waals surface area contributed by atoms with Crippen LogP contribution in [-0.2, 0) is 11.3 Å². The molecule has 4 nitrogen and oxygen atoms in total. The van der Waals surface area contributed by atoms with Crippen molar-refractivity contribution in [3.8, 4) is 0 Å². The van der Waals surface area contributed by atoms with Gasteiger partial charge in [0, 0.05) is 32.4 Å². The number of rotatable bonds is 5. The highest BCUT2D eigenvalue weighted by Crippen LogP contribution is 2.06. The number of carbonyl (C=O) groups excluding carboxylic acids is 1. The molecule has 0 bridgehead atoms. The molecule has 0 fully saturated rings. The standard InChI is InChI=1S/C12H19N3O/c1-10(7-13)6-12(16)15(2)9-11-4-3-5-14-8-11/h3-5,8,10H,6-7,9,13H2,1-2H3. The van der Waals surface area contributed by atoms with Gasteiger partial charge in [-0.15, -0.1) is 0 Å². The quantitative estimate of drug-likeness (QED) is 0.807. The molecule has 1 rings (SSSR count). The van der Waals surface area contributed by atoms with Crippen molar-refractivity contribution in [2.24, 2.45) is 11.7 Å². The summed E-state index contributed by atoms with van der Waals surface area (Å²) in [6, 6.07) is 3.83. The molecular weight excluding hydrogens is 202 g/mol. The Hall–Kier alpha value is -1.42. The van der Waals surface area contributed by atoms with Gasteiger partial charge in [0.15, 0.2) is 0 Å². The third-order valence-corrected chi connectivity index (χ3v) is 2.49. The maximum Gasteiger partial charge on any atom is 0.222 e. The lowest BCUT2D eigenvalue weighted by atomic mass is 10.1. The molecular formula is C12H19N3O. The van der Waals surface area contributed by atoms with E-state index in [1.807, 2.05) is 19.1 Å². The van der Waals surface area contributed by atoms with E-state index >= 15 is 0 Å². The van der Waals surface area contributed by atoms with E-state index < -0.39 is 0 Å². The summed E-state index contributed by atoms with van der Waals surface area (Å²) in [5.41, 5.74) is 6.53. The zero-order chi connectivity index (χ0) is 12.0. The van der Waals surface area contributed by atoms with Crippen molar-refractivity contribution < 1.29 is 4.79 Å². The Balaban J connectivity index is 2.46. The van der Waals surface area contributed by atoms with Crippen LogP contribution in [0.3, 0.4) is 0 Å². The summed E-state index contributed by atoms with van der Waals surface area (Å²) < 4.78 is 0. The second-order valence-corrected chi connectivity index (χ2v) is 4.16. The summed E-state index contributed by atoms with van der Waals surface area (Å²) in [6.45, 7) is 3.13. The van der Waals surface area contributed by atoms with Crippen molar-refractivity contribution in [1.82, 2.24) is 9.88 Å². The predicted molar refractivity (Wildman–Crippen MR) is 63.5 cm³/mol. The Morgan fingerprint density at radius 1 is 1.62 bits per heavy atom. The van der Waals surface area contributed by atoms with Gasteiger partial charge in [-0.1, -0.05) is 13.0 Å². The van der Waals surface area contributed by atoms with Gasteiger partial charge < -0.3 is 10.6 Å². The molecule has 1 atom stereocenters. The smallest absolute Gasteiger partial charge is 0.222 e. The highest BCUT2D eigenvalue weighted by molar-refractivity contribution is 5.76. The largest absolute Gasteiger partial charge is 0.341 e. The Bertz CT molecular complexity index is 326. The number of amides is 1. The highest BCUT2D eigenvalue weighted by atomic mass is 16.2. The molecule has 1 unspecified atom stereocenters. The van der Waals surface area contributed by atoms with E-state index in [-0.39, 0.29) is 11.8 Å². The lowest BCUT2D eigenvalue weighted by Crippen LogP contribution is -2.29. The van der Waals surface area contributed by atoms with Crippen LogP contribution >= 0.6 is 0 Å². The molecule has 88 valence electrons. The molecule has 0 aliphatic heterocycles. The minimum atomic E-state index is 0.127. The number of hydrogen-bond acceptors (Lipinski definition) is 3. The normalized spacial score (nSPS) is 12.2. The topological polar surface area (TPSA) is 59.2 Å². The summed E-state index contributed by atoms with van der Waals surface area (Å²) in [5, 5.41) is 0. The van der Waals surface area contributed by atoms with Crippen LogP contribution in [0.2, 0.25) is 0 Å². The number of aromatic nitrogens is 1. The first-order valence-electron chi connectivity index (χ1n) is 5.46. The van der Waals surface area contributed by atoms with Crippen LogP contribution in [0.5, 0.6) is 0 Å². The molecule has 0 aliphatic rings. The number of hydrogen-bond donors (Lipinski definition) is 1. The first kappa shape index (κ1) is 12.6. The molecule has 1 aromatic rings. The zero-order valence-corrected chi connectivity index (χ0v) is 9.89. The number of pyridine rings is 1. The molecule has 2 N–H and O–H groups in total. The SMILES string of the molecule is CC(CN)CC(=O)N(C)Cc1cccnc1. The second kappa shape index (κ2) is 6.23. The van der Waals surface area contributed by atoms with E-state index in [2.05, 4.69) is 4.98 Å². The zero-order valence-electron chi connectivity index (χ0n) is 9.89. The molecule has 1 heterocycles. The minimum absolute atomic E-state index is 0.127. The first-order valence-corrected chi connectivity index (χ1v) is 5.46. The van der Waals surface area contributed by atoms with Crippen LogP contribution in [-0.4, -0.2) is 29.4 Å². The van der Waals surface area contributed by atoms with E-state index in [1.54, 1.807) is 24.3 Å². The number of carbonyl (C=O) groups is 1. The van der Waals surface area contributed by atoms with E-state index in [9.17, 15) is 4.79 Å². The van der Waals surface area contributed by atoms with Crippen LogP contribution in [0.1, 0.15) is 18.9 Å². The first-order chi connectivity index (χ1) is 7.63. The van der Waals surface area contributed by atoms with E-state index in [1.165, 1.54) is 0 Å². The maximum absolute atomic E-state index is 11.8. The van der Waals surface area contributed by atoms with Gasteiger partial charge in [-0.2, -0.15) is 0 Å². The minimum Gasteiger partial charge on any atom is -0.341 e. The fourth-order valence-electron chi connectivity index (χ4n) is 1.39. The average Bonchev–Trinajstić information content (AvgIpc) is 2.30. The second-order valence-electron chi connectivity index (χ2n) is 4.16. The summed E-state index contributed by atoms with van der Waals surface area (Å²) in [5.74, 6) is 0.366. The molecule has 1 aromatic heterocycles. The summed E-state index contributed by atoms with van der Waals surface area (Å²) in [4.78, 5) is 17.5. The Kier molecular flexibility index (Phi) is 4.92. The molecule has 16 heavy (non-hydrogen) atoms. The summed E-state index contributed by atoms with van der Waals surface area (Å²) >= 11 is 0. The van der Waals surface area contributed by atoms with Gasteiger partial charge in [-0.05, 0) is 24.1 Å². The van der Waals surface area contributed by atoms with Crippen LogP contribution in [0.15, 0.2) is 24.5 Å². The fourth-order valence-corrected chi connectivity index (χ4v) is 1.39. The van der Waals surface area contributed by atoms with Crippen LogP contribution in [0.4, 0.5) is 0 Å². The molecule has 0 aliphatic carbocycles. The van der Waals surface area contributed by atoms with Crippen molar-refractivity contribution in [3.63, 3.8) is 0 Å². The Labute approximate surface area is 96.5 Å². The lowest BCUT2D eigenvalue weighted by Gasteiger charge is -2.18. The van der Waals surface area contributed by atoms with Gasteiger partial charge >= 0.3 is 0 Å².